The number of aromatic nitrogens is 2. The van der Waals surface area contributed by atoms with Gasteiger partial charge >= 0.3 is 0 Å². The van der Waals surface area contributed by atoms with Crippen molar-refractivity contribution in [1.82, 2.24) is 9.78 Å². The van der Waals surface area contributed by atoms with Crippen LogP contribution in [0.4, 0.5) is 0 Å². The molecule has 0 spiro atoms. The third kappa shape index (κ3) is 4.94. The zero-order chi connectivity index (χ0) is 21.9. The van der Waals surface area contributed by atoms with Gasteiger partial charge in [-0.25, -0.2) is 18.2 Å². The van der Waals surface area contributed by atoms with E-state index < -0.39 is 10.0 Å². The van der Waals surface area contributed by atoms with Crippen molar-refractivity contribution in [2.45, 2.75) is 18.7 Å². The molecule has 0 atom stereocenters. The lowest BCUT2D eigenvalue weighted by molar-refractivity contribution is 0.598. The van der Waals surface area contributed by atoms with Crippen LogP contribution in [0.1, 0.15) is 13.8 Å². The van der Waals surface area contributed by atoms with E-state index in [4.69, 9.17) is 33.4 Å². The van der Waals surface area contributed by atoms with Gasteiger partial charge < -0.3 is 0 Å². The molecule has 2 aromatic heterocycles. The zero-order valence-corrected chi connectivity index (χ0v) is 19.4. The molecule has 5 nitrogen and oxygen atoms in total. The SMILES string of the molecule is CC.NS(=O)(=O)c1ccc(-n2nc(-c3ccc(Cl)s3)cc2-c2ccc(Cl)cc2)cc1. The van der Waals surface area contributed by atoms with Crippen molar-refractivity contribution in [3.05, 3.63) is 76.1 Å². The molecule has 2 heterocycles. The number of sulfonamides is 1. The first-order chi connectivity index (χ1) is 14.3. The van der Waals surface area contributed by atoms with E-state index in [-0.39, 0.29) is 4.90 Å². The predicted octanol–water partition coefficient (Wildman–Crippen LogP) is 6.25. The molecule has 4 rings (SSSR count). The van der Waals surface area contributed by atoms with Gasteiger partial charge in [0.25, 0.3) is 0 Å². The summed E-state index contributed by atoms with van der Waals surface area (Å²) < 4.78 is 25.5. The number of halogens is 2. The fourth-order valence-electron chi connectivity index (χ4n) is 2.75. The summed E-state index contributed by atoms with van der Waals surface area (Å²) in [4.78, 5) is 0.974. The van der Waals surface area contributed by atoms with Crippen LogP contribution in [0.25, 0.3) is 27.5 Å². The summed E-state index contributed by atoms with van der Waals surface area (Å²) in [5, 5.41) is 10.5. The second-order valence-corrected chi connectivity index (χ2v) is 9.69. The minimum Gasteiger partial charge on any atom is -0.232 e. The van der Waals surface area contributed by atoms with Crippen LogP contribution >= 0.6 is 34.5 Å². The summed E-state index contributed by atoms with van der Waals surface area (Å²) in [7, 11) is -3.76. The highest BCUT2D eigenvalue weighted by Crippen LogP contribution is 2.34. The van der Waals surface area contributed by atoms with Gasteiger partial charge in [-0.1, -0.05) is 49.2 Å². The Morgan fingerprint density at radius 2 is 1.57 bits per heavy atom. The van der Waals surface area contributed by atoms with Crippen LogP contribution in [-0.2, 0) is 10.0 Å². The molecule has 0 fully saturated rings. The van der Waals surface area contributed by atoms with Gasteiger partial charge in [0, 0.05) is 10.6 Å². The maximum atomic E-state index is 11.5. The monoisotopic (exact) mass is 479 g/mol. The van der Waals surface area contributed by atoms with Crippen molar-refractivity contribution in [1.29, 1.82) is 0 Å². The number of benzene rings is 2. The van der Waals surface area contributed by atoms with Gasteiger partial charge in [0.05, 0.1) is 25.5 Å². The second kappa shape index (κ2) is 9.32. The normalized spacial score (nSPS) is 11.1. The molecule has 0 unspecified atom stereocenters. The lowest BCUT2D eigenvalue weighted by atomic mass is 10.1. The van der Waals surface area contributed by atoms with Crippen LogP contribution in [0.5, 0.6) is 0 Å². The van der Waals surface area contributed by atoms with E-state index in [0.717, 1.165) is 21.8 Å². The van der Waals surface area contributed by atoms with Crippen molar-refractivity contribution >= 4 is 44.6 Å². The van der Waals surface area contributed by atoms with Crippen LogP contribution in [-0.4, -0.2) is 18.2 Å². The topological polar surface area (TPSA) is 78.0 Å². The zero-order valence-electron chi connectivity index (χ0n) is 16.2. The molecular formula is C21H19Cl2N3O2S2. The van der Waals surface area contributed by atoms with E-state index in [1.54, 1.807) is 28.9 Å². The third-order valence-electron chi connectivity index (χ3n) is 4.08. The van der Waals surface area contributed by atoms with Crippen molar-refractivity contribution in [2.75, 3.05) is 0 Å². The van der Waals surface area contributed by atoms with Crippen molar-refractivity contribution in [3.8, 4) is 27.5 Å². The summed E-state index contributed by atoms with van der Waals surface area (Å²) in [6, 6.07) is 19.4. The Morgan fingerprint density at radius 3 is 2.10 bits per heavy atom. The van der Waals surface area contributed by atoms with Gasteiger partial charge in [0.15, 0.2) is 0 Å². The number of nitrogens with two attached hydrogens (primary N) is 1. The predicted molar refractivity (Wildman–Crippen MR) is 125 cm³/mol. The van der Waals surface area contributed by atoms with E-state index in [0.29, 0.717) is 15.0 Å². The largest absolute Gasteiger partial charge is 0.238 e. The second-order valence-electron chi connectivity index (χ2n) is 5.98. The first kappa shape index (κ1) is 22.5. The lowest BCUT2D eigenvalue weighted by Crippen LogP contribution is -2.12. The van der Waals surface area contributed by atoms with Crippen molar-refractivity contribution in [3.63, 3.8) is 0 Å². The molecule has 0 radical (unpaired) electrons. The van der Waals surface area contributed by atoms with Gasteiger partial charge in [-0.05, 0) is 54.6 Å². The minimum absolute atomic E-state index is 0.0433. The Balaban J connectivity index is 0.00000124. The molecular weight excluding hydrogens is 461 g/mol. The van der Waals surface area contributed by atoms with E-state index in [9.17, 15) is 8.42 Å². The first-order valence-electron chi connectivity index (χ1n) is 9.06. The maximum absolute atomic E-state index is 11.5. The number of primary sulfonamides is 1. The minimum atomic E-state index is -3.76. The summed E-state index contributed by atoms with van der Waals surface area (Å²) in [5.74, 6) is 0. The molecule has 4 aromatic rings. The van der Waals surface area contributed by atoms with Gasteiger partial charge in [-0.15, -0.1) is 11.3 Å². The molecule has 2 aromatic carbocycles. The molecule has 30 heavy (non-hydrogen) atoms. The van der Waals surface area contributed by atoms with Crippen LogP contribution in [0.2, 0.25) is 9.36 Å². The highest BCUT2D eigenvalue weighted by Gasteiger charge is 2.15. The molecule has 156 valence electrons. The Hall–Kier alpha value is -2.16. The third-order valence-corrected chi connectivity index (χ3v) is 6.52. The summed E-state index contributed by atoms with van der Waals surface area (Å²) in [5.41, 5.74) is 3.21. The molecule has 0 aliphatic heterocycles. The first-order valence-corrected chi connectivity index (χ1v) is 12.2. The Labute approximate surface area is 189 Å². The fourth-order valence-corrected chi connectivity index (χ4v) is 4.39. The van der Waals surface area contributed by atoms with E-state index >= 15 is 0 Å². The molecule has 9 heteroatoms. The van der Waals surface area contributed by atoms with Crippen molar-refractivity contribution < 1.29 is 8.42 Å². The average Bonchev–Trinajstić information content (AvgIpc) is 3.36. The van der Waals surface area contributed by atoms with Gasteiger partial charge in [-0.2, -0.15) is 5.10 Å². The number of hydrogen-bond donors (Lipinski definition) is 1. The maximum Gasteiger partial charge on any atom is 0.238 e. The summed E-state index contributed by atoms with van der Waals surface area (Å²) in [6.07, 6.45) is 0. The molecule has 0 aliphatic rings. The number of rotatable bonds is 4. The Morgan fingerprint density at radius 1 is 0.933 bits per heavy atom. The number of nitrogens with zero attached hydrogens (tertiary/aromatic N) is 2. The van der Waals surface area contributed by atoms with Gasteiger partial charge in [0.2, 0.25) is 10.0 Å². The van der Waals surface area contributed by atoms with Gasteiger partial charge in [0.1, 0.15) is 5.69 Å². The van der Waals surface area contributed by atoms with Crippen LogP contribution in [0, 0.1) is 0 Å². The smallest absolute Gasteiger partial charge is 0.232 e. The summed E-state index contributed by atoms with van der Waals surface area (Å²) in [6.45, 7) is 4.00. The lowest BCUT2D eigenvalue weighted by Gasteiger charge is -2.08. The average molecular weight is 480 g/mol. The number of hydrogen-bond acceptors (Lipinski definition) is 4. The molecule has 0 amide bonds. The standard InChI is InChI=1S/C19H13Cl2N3O2S2.C2H6/c20-13-3-1-12(2-4-13)17-11-16(18-9-10-19(21)27-18)23-24(17)14-5-7-15(8-6-14)28(22,25)26;1-2/h1-11H,(H2,22,25,26);1-2H3. The van der Waals surface area contributed by atoms with E-state index in [1.807, 2.05) is 44.2 Å². The van der Waals surface area contributed by atoms with Crippen LogP contribution < -0.4 is 5.14 Å². The highest BCUT2D eigenvalue weighted by molar-refractivity contribution is 7.89. The highest BCUT2D eigenvalue weighted by atomic mass is 35.5. The Kier molecular flexibility index (Phi) is 7.00. The van der Waals surface area contributed by atoms with E-state index in [2.05, 4.69) is 0 Å². The molecule has 0 aliphatic carbocycles. The molecule has 0 saturated heterocycles. The van der Waals surface area contributed by atoms with Crippen LogP contribution in [0.3, 0.4) is 0 Å². The van der Waals surface area contributed by atoms with Crippen molar-refractivity contribution in [2.24, 2.45) is 5.14 Å². The van der Waals surface area contributed by atoms with Gasteiger partial charge in [-0.3, -0.25) is 0 Å². The number of thiophene rings is 1. The van der Waals surface area contributed by atoms with Crippen LogP contribution in [0.15, 0.2) is 71.6 Å². The quantitative estimate of drug-likeness (QED) is 0.375. The molecule has 0 saturated carbocycles. The fraction of sp³-hybridized carbons (Fsp3) is 0.0952. The molecule has 0 bridgehead atoms. The Bertz CT molecular complexity index is 1250. The molecule has 2 N–H and O–H groups in total. The van der Waals surface area contributed by atoms with E-state index in [1.165, 1.54) is 23.5 Å². The summed E-state index contributed by atoms with van der Waals surface area (Å²) >= 11 is 13.5.